The molecule has 3 heteroatoms. The van der Waals surface area contributed by atoms with Gasteiger partial charge in [-0.3, -0.25) is 0 Å². The van der Waals surface area contributed by atoms with Gasteiger partial charge in [-0.2, -0.15) is 0 Å². The van der Waals surface area contributed by atoms with Crippen LogP contribution in [0.4, 0.5) is 4.79 Å². The van der Waals surface area contributed by atoms with E-state index in [1.807, 2.05) is 0 Å². The Kier molecular flexibility index (Phi) is 6.54. The highest BCUT2D eigenvalue weighted by molar-refractivity contribution is 5.67. The molecule has 0 unspecified atom stereocenters. The lowest BCUT2D eigenvalue weighted by Crippen LogP contribution is -2.38. The molecule has 1 N–H and O–H groups in total. The van der Waals surface area contributed by atoms with E-state index in [0.717, 1.165) is 44.9 Å². The SMILES string of the molecule is C#CC[C@H]1CC[C@@H](NC(=O)OCCCC)CC1. The largest absolute Gasteiger partial charge is 0.450 e. The normalized spacial score (nSPS) is 23.8. The van der Waals surface area contributed by atoms with Crippen LogP contribution in [0.1, 0.15) is 51.9 Å². The Balaban J connectivity index is 2.13. The van der Waals surface area contributed by atoms with Gasteiger partial charge in [0.1, 0.15) is 0 Å². The standard InChI is InChI=1S/C14H23NO2/c1-3-5-11-17-14(16)15-13-9-7-12(6-4-2)8-10-13/h2,12-13H,3,5-11H2,1H3,(H,15,16)/t12-,13+. The Bertz CT molecular complexity index is 262. The first kappa shape index (κ1) is 13.9. The second-order valence-electron chi connectivity index (χ2n) is 4.76. The monoisotopic (exact) mass is 237 g/mol. The number of terminal acetylenes is 1. The maximum Gasteiger partial charge on any atom is 0.407 e. The van der Waals surface area contributed by atoms with Crippen LogP contribution in [-0.2, 0) is 4.74 Å². The van der Waals surface area contributed by atoms with E-state index in [2.05, 4.69) is 18.2 Å². The number of unbranched alkanes of at least 4 members (excludes halogenated alkanes) is 1. The molecule has 1 aliphatic carbocycles. The fourth-order valence-corrected chi connectivity index (χ4v) is 2.20. The van der Waals surface area contributed by atoms with Crippen molar-refractivity contribution in [1.82, 2.24) is 5.32 Å². The number of carbonyl (C=O) groups excluding carboxylic acids is 1. The van der Waals surface area contributed by atoms with Crippen molar-refractivity contribution in [1.29, 1.82) is 0 Å². The van der Waals surface area contributed by atoms with Crippen LogP contribution >= 0.6 is 0 Å². The van der Waals surface area contributed by atoms with Gasteiger partial charge in [0.2, 0.25) is 0 Å². The van der Waals surface area contributed by atoms with Crippen LogP contribution in [0.25, 0.3) is 0 Å². The van der Waals surface area contributed by atoms with Gasteiger partial charge in [-0.1, -0.05) is 13.3 Å². The van der Waals surface area contributed by atoms with Gasteiger partial charge in [0.25, 0.3) is 0 Å². The van der Waals surface area contributed by atoms with Crippen molar-refractivity contribution in [3.8, 4) is 12.3 Å². The average molecular weight is 237 g/mol. The fourth-order valence-electron chi connectivity index (χ4n) is 2.20. The van der Waals surface area contributed by atoms with Crippen LogP contribution in [0, 0.1) is 18.3 Å². The highest BCUT2D eigenvalue weighted by atomic mass is 16.5. The second kappa shape index (κ2) is 8.00. The molecule has 0 aromatic carbocycles. The Morgan fingerprint density at radius 3 is 2.71 bits per heavy atom. The summed E-state index contributed by atoms with van der Waals surface area (Å²) in [4.78, 5) is 11.4. The van der Waals surface area contributed by atoms with Gasteiger partial charge >= 0.3 is 6.09 Å². The van der Waals surface area contributed by atoms with Crippen molar-refractivity contribution in [3.63, 3.8) is 0 Å². The molecule has 0 heterocycles. The molecule has 1 aliphatic rings. The predicted molar refractivity (Wildman–Crippen MR) is 68.6 cm³/mol. The maximum atomic E-state index is 11.4. The van der Waals surface area contributed by atoms with Gasteiger partial charge in [-0.25, -0.2) is 4.79 Å². The van der Waals surface area contributed by atoms with Crippen LogP contribution in [-0.4, -0.2) is 18.7 Å². The summed E-state index contributed by atoms with van der Waals surface area (Å²) in [5.74, 6) is 3.36. The van der Waals surface area contributed by atoms with Crippen molar-refractivity contribution in [2.24, 2.45) is 5.92 Å². The van der Waals surface area contributed by atoms with Crippen LogP contribution in [0.5, 0.6) is 0 Å². The zero-order valence-electron chi connectivity index (χ0n) is 10.7. The zero-order chi connectivity index (χ0) is 12.5. The quantitative estimate of drug-likeness (QED) is 0.589. The van der Waals surface area contributed by atoms with Crippen LogP contribution < -0.4 is 5.32 Å². The first-order valence-corrected chi connectivity index (χ1v) is 6.63. The third kappa shape index (κ3) is 5.63. The van der Waals surface area contributed by atoms with Gasteiger partial charge in [-0.05, 0) is 38.0 Å². The minimum Gasteiger partial charge on any atom is -0.450 e. The molecule has 0 saturated heterocycles. The van der Waals surface area contributed by atoms with E-state index in [1.165, 1.54) is 0 Å². The molecule has 0 spiro atoms. The van der Waals surface area contributed by atoms with Gasteiger partial charge in [0.05, 0.1) is 6.61 Å². The summed E-state index contributed by atoms with van der Waals surface area (Å²) in [5.41, 5.74) is 0. The van der Waals surface area contributed by atoms with Crippen molar-refractivity contribution in [2.75, 3.05) is 6.61 Å². The number of amides is 1. The highest BCUT2D eigenvalue weighted by Crippen LogP contribution is 2.26. The van der Waals surface area contributed by atoms with E-state index in [-0.39, 0.29) is 12.1 Å². The summed E-state index contributed by atoms with van der Waals surface area (Å²) >= 11 is 0. The second-order valence-corrected chi connectivity index (χ2v) is 4.76. The topological polar surface area (TPSA) is 38.3 Å². The first-order chi connectivity index (χ1) is 8.26. The smallest absolute Gasteiger partial charge is 0.407 e. The van der Waals surface area contributed by atoms with Crippen LogP contribution in [0.3, 0.4) is 0 Å². The summed E-state index contributed by atoms with van der Waals surface area (Å²) in [6.45, 7) is 2.60. The molecule has 96 valence electrons. The molecule has 0 aromatic rings. The predicted octanol–water partition coefficient (Wildman–Crippen LogP) is 3.09. The molecule has 0 aliphatic heterocycles. The Hall–Kier alpha value is -1.17. The number of nitrogens with one attached hydrogen (secondary N) is 1. The molecular formula is C14H23NO2. The number of hydrogen-bond acceptors (Lipinski definition) is 2. The van der Waals surface area contributed by atoms with Crippen LogP contribution in [0.2, 0.25) is 0 Å². The van der Waals surface area contributed by atoms with E-state index < -0.39 is 0 Å². The lowest BCUT2D eigenvalue weighted by Gasteiger charge is -2.27. The van der Waals surface area contributed by atoms with Gasteiger partial charge < -0.3 is 10.1 Å². The molecule has 1 amide bonds. The third-order valence-corrected chi connectivity index (χ3v) is 3.31. The van der Waals surface area contributed by atoms with Crippen molar-refractivity contribution in [3.05, 3.63) is 0 Å². The summed E-state index contributed by atoms with van der Waals surface area (Å²) in [6, 6.07) is 0.276. The average Bonchev–Trinajstić information content (AvgIpc) is 2.32. The molecule has 1 rings (SSSR count). The lowest BCUT2D eigenvalue weighted by atomic mass is 9.84. The lowest BCUT2D eigenvalue weighted by molar-refractivity contribution is 0.136. The van der Waals surface area contributed by atoms with Crippen molar-refractivity contribution < 1.29 is 9.53 Å². The molecule has 3 nitrogen and oxygen atoms in total. The molecule has 1 fully saturated rings. The zero-order valence-corrected chi connectivity index (χ0v) is 10.7. The summed E-state index contributed by atoms with van der Waals surface area (Å²) in [7, 11) is 0. The number of rotatable bonds is 5. The molecule has 0 radical (unpaired) electrons. The number of carbonyl (C=O) groups is 1. The molecular weight excluding hydrogens is 214 g/mol. The number of alkyl carbamates (subject to hydrolysis) is 1. The van der Waals surface area contributed by atoms with Gasteiger partial charge in [0, 0.05) is 12.5 Å². The first-order valence-electron chi connectivity index (χ1n) is 6.63. The van der Waals surface area contributed by atoms with E-state index >= 15 is 0 Å². The van der Waals surface area contributed by atoms with Crippen molar-refractivity contribution in [2.45, 2.75) is 57.9 Å². The minimum atomic E-state index is -0.265. The summed E-state index contributed by atoms with van der Waals surface area (Å²) < 4.78 is 5.08. The molecule has 0 bridgehead atoms. The van der Waals surface area contributed by atoms with E-state index in [9.17, 15) is 4.79 Å². The van der Waals surface area contributed by atoms with E-state index in [1.54, 1.807) is 0 Å². The van der Waals surface area contributed by atoms with Crippen LogP contribution in [0.15, 0.2) is 0 Å². The molecule has 0 aromatic heterocycles. The summed E-state index contributed by atoms with van der Waals surface area (Å²) in [6.07, 6.45) is 12.2. The summed E-state index contributed by atoms with van der Waals surface area (Å²) in [5, 5.41) is 2.93. The Labute approximate surface area is 104 Å². The third-order valence-electron chi connectivity index (χ3n) is 3.31. The minimum absolute atomic E-state index is 0.265. The molecule has 0 atom stereocenters. The van der Waals surface area contributed by atoms with E-state index in [4.69, 9.17) is 11.2 Å². The molecule has 1 saturated carbocycles. The van der Waals surface area contributed by atoms with E-state index in [0.29, 0.717) is 12.5 Å². The van der Waals surface area contributed by atoms with Crippen molar-refractivity contribution >= 4 is 6.09 Å². The highest BCUT2D eigenvalue weighted by Gasteiger charge is 2.22. The maximum absolute atomic E-state index is 11.4. The fraction of sp³-hybridized carbons (Fsp3) is 0.786. The van der Waals surface area contributed by atoms with Gasteiger partial charge in [0.15, 0.2) is 0 Å². The Morgan fingerprint density at radius 1 is 1.41 bits per heavy atom. The number of ether oxygens (including phenoxy) is 1. The Morgan fingerprint density at radius 2 is 2.12 bits per heavy atom. The molecule has 17 heavy (non-hydrogen) atoms. The number of hydrogen-bond donors (Lipinski definition) is 1. The van der Waals surface area contributed by atoms with Gasteiger partial charge in [-0.15, -0.1) is 12.3 Å².